The second kappa shape index (κ2) is 5.06. The smallest absolute Gasteiger partial charge is 0.0575 e. The maximum atomic E-state index is 5.93. The predicted molar refractivity (Wildman–Crippen MR) is 72.7 cm³/mol. The van der Waals surface area contributed by atoms with E-state index in [2.05, 4.69) is 33.2 Å². The van der Waals surface area contributed by atoms with Crippen molar-refractivity contribution in [1.29, 1.82) is 0 Å². The van der Waals surface area contributed by atoms with Crippen molar-refractivity contribution in [2.45, 2.75) is 18.9 Å². The average molecular weight is 284 g/mol. The van der Waals surface area contributed by atoms with Gasteiger partial charge < -0.3 is 16.0 Å². The van der Waals surface area contributed by atoms with Gasteiger partial charge in [0, 0.05) is 17.1 Å². The van der Waals surface area contributed by atoms with Gasteiger partial charge in [-0.1, -0.05) is 15.9 Å². The number of rotatable bonds is 3. The average Bonchev–Trinajstić information content (AvgIpc) is 2.63. The molecule has 1 aliphatic heterocycles. The van der Waals surface area contributed by atoms with E-state index in [4.69, 9.17) is 5.73 Å². The van der Waals surface area contributed by atoms with Gasteiger partial charge in [0.15, 0.2) is 0 Å². The lowest BCUT2D eigenvalue weighted by Gasteiger charge is -2.20. The second-order valence-electron chi connectivity index (χ2n) is 4.39. The Hall–Kier alpha value is -0.740. The third kappa shape index (κ3) is 2.68. The van der Waals surface area contributed by atoms with Crippen molar-refractivity contribution in [3.05, 3.63) is 22.7 Å². The van der Waals surface area contributed by atoms with Crippen LogP contribution < -0.4 is 11.1 Å². The van der Waals surface area contributed by atoms with E-state index >= 15 is 0 Å². The number of halogens is 1. The quantitative estimate of drug-likeness (QED) is 0.838. The minimum atomic E-state index is 0.642. The number of nitrogen functional groups attached to an aromatic ring is 1. The Bertz CT molecular complexity index is 367. The van der Waals surface area contributed by atoms with Crippen molar-refractivity contribution in [3.8, 4) is 0 Å². The standard InChI is InChI=1S/C12H18BrN3/c1-16-6-2-3-10(16)8-15-12-5-4-9(13)7-11(12)14/h4-5,7,10,15H,2-3,6,8,14H2,1H3. The number of nitrogens with zero attached hydrogens (tertiary/aromatic N) is 1. The first-order valence-corrected chi connectivity index (χ1v) is 6.45. The molecule has 1 unspecified atom stereocenters. The molecular formula is C12H18BrN3. The minimum absolute atomic E-state index is 0.642. The summed E-state index contributed by atoms with van der Waals surface area (Å²) >= 11 is 3.41. The topological polar surface area (TPSA) is 41.3 Å². The van der Waals surface area contributed by atoms with Crippen LogP contribution in [0.4, 0.5) is 11.4 Å². The van der Waals surface area contributed by atoms with E-state index < -0.39 is 0 Å². The van der Waals surface area contributed by atoms with Crippen LogP contribution in [0.1, 0.15) is 12.8 Å². The molecular weight excluding hydrogens is 266 g/mol. The zero-order chi connectivity index (χ0) is 11.5. The van der Waals surface area contributed by atoms with Crippen LogP contribution in [0.15, 0.2) is 22.7 Å². The zero-order valence-electron chi connectivity index (χ0n) is 9.54. The normalized spacial score (nSPS) is 21.2. The molecule has 0 radical (unpaired) electrons. The molecule has 0 bridgehead atoms. The van der Waals surface area contributed by atoms with Gasteiger partial charge in [0.05, 0.1) is 11.4 Å². The van der Waals surface area contributed by atoms with Crippen LogP contribution in [0.3, 0.4) is 0 Å². The van der Waals surface area contributed by atoms with Crippen molar-refractivity contribution in [2.75, 3.05) is 31.2 Å². The highest BCUT2D eigenvalue weighted by Gasteiger charge is 2.20. The highest BCUT2D eigenvalue weighted by atomic mass is 79.9. The van der Waals surface area contributed by atoms with Crippen molar-refractivity contribution in [2.24, 2.45) is 0 Å². The SMILES string of the molecule is CN1CCCC1CNc1ccc(Br)cc1N. The maximum Gasteiger partial charge on any atom is 0.0575 e. The summed E-state index contributed by atoms with van der Waals surface area (Å²) in [5.74, 6) is 0. The highest BCUT2D eigenvalue weighted by molar-refractivity contribution is 9.10. The molecule has 1 aromatic carbocycles. The monoisotopic (exact) mass is 283 g/mol. The van der Waals surface area contributed by atoms with Crippen LogP contribution in [0, 0.1) is 0 Å². The number of nitrogens with one attached hydrogen (secondary N) is 1. The van der Waals surface area contributed by atoms with Gasteiger partial charge in [-0.15, -0.1) is 0 Å². The van der Waals surface area contributed by atoms with Gasteiger partial charge in [-0.05, 0) is 44.6 Å². The van der Waals surface area contributed by atoms with Gasteiger partial charge in [0.2, 0.25) is 0 Å². The van der Waals surface area contributed by atoms with Crippen molar-refractivity contribution in [3.63, 3.8) is 0 Å². The molecule has 88 valence electrons. The maximum absolute atomic E-state index is 5.93. The number of likely N-dealkylation sites (tertiary alicyclic amines) is 1. The van der Waals surface area contributed by atoms with E-state index in [1.165, 1.54) is 19.4 Å². The molecule has 16 heavy (non-hydrogen) atoms. The third-order valence-electron chi connectivity index (χ3n) is 3.21. The van der Waals surface area contributed by atoms with Crippen LogP contribution in [0.25, 0.3) is 0 Å². The summed E-state index contributed by atoms with van der Waals surface area (Å²) in [4.78, 5) is 2.40. The Kier molecular flexibility index (Phi) is 3.71. The Balaban J connectivity index is 1.94. The largest absolute Gasteiger partial charge is 0.397 e. The van der Waals surface area contributed by atoms with Crippen LogP contribution in [-0.4, -0.2) is 31.1 Å². The molecule has 1 heterocycles. The van der Waals surface area contributed by atoms with Gasteiger partial charge in [0.25, 0.3) is 0 Å². The fourth-order valence-corrected chi connectivity index (χ4v) is 2.54. The Morgan fingerprint density at radius 3 is 3.00 bits per heavy atom. The molecule has 0 aromatic heterocycles. The van der Waals surface area contributed by atoms with Crippen molar-refractivity contribution >= 4 is 27.3 Å². The molecule has 0 aliphatic carbocycles. The van der Waals surface area contributed by atoms with Crippen LogP contribution in [-0.2, 0) is 0 Å². The first-order valence-electron chi connectivity index (χ1n) is 5.66. The molecule has 0 saturated carbocycles. The minimum Gasteiger partial charge on any atom is -0.397 e. The summed E-state index contributed by atoms with van der Waals surface area (Å²) in [6.45, 7) is 2.19. The van der Waals surface area contributed by atoms with Gasteiger partial charge in [-0.25, -0.2) is 0 Å². The molecule has 3 N–H and O–H groups in total. The number of nitrogens with two attached hydrogens (primary N) is 1. The second-order valence-corrected chi connectivity index (χ2v) is 5.30. The summed E-state index contributed by atoms with van der Waals surface area (Å²) < 4.78 is 1.02. The van der Waals surface area contributed by atoms with Crippen LogP contribution in [0.2, 0.25) is 0 Å². The van der Waals surface area contributed by atoms with Crippen LogP contribution in [0.5, 0.6) is 0 Å². The number of likely N-dealkylation sites (N-methyl/N-ethyl adjacent to an activating group) is 1. The molecule has 1 aliphatic rings. The van der Waals surface area contributed by atoms with E-state index in [0.717, 1.165) is 22.4 Å². The summed E-state index contributed by atoms with van der Waals surface area (Å²) in [6, 6.07) is 6.61. The van der Waals surface area contributed by atoms with Gasteiger partial charge in [0.1, 0.15) is 0 Å². The number of benzene rings is 1. The lowest BCUT2D eigenvalue weighted by Crippen LogP contribution is -2.31. The number of hydrogen-bond donors (Lipinski definition) is 2. The first kappa shape index (κ1) is 11.7. The summed E-state index contributed by atoms with van der Waals surface area (Å²) in [5.41, 5.74) is 7.77. The highest BCUT2D eigenvalue weighted by Crippen LogP contribution is 2.24. The molecule has 2 rings (SSSR count). The van der Waals surface area contributed by atoms with Crippen LogP contribution >= 0.6 is 15.9 Å². The van der Waals surface area contributed by atoms with E-state index in [1.54, 1.807) is 0 Å². The molecule has 1 fully saturated rings. The molecule has 1 aromatic rings. The predicted octanol–water partition coefficient (Wildman–Crippen LogP) is 2.54. The summed E-state index contributed by atoms with van der Waals surface area (Å²) in [5, 5.41) is 3.42. The fourth-order valence-electron chi connectivity index (χ4n) is 2.16. The third-order valence-corrected chi connectivity index (χ3v) is 3.71. The summed E-state index contributed by atoms with van der Waals surface area (Å²) in [6.07, 6.45) is 2.58. The number of anilines is 2. The van der Waals surface area contributed by atoms with Gasteiger partial charge >= 0.3 is 0 Å². The fraction of sp³-hybridized carbons (Fsp3) is 0.500. The summed E-state index contributed by atoms with van der Waals surface area (Å²) in [7, 11) is 2.18. The van der Waals surface area contributed by atoms with E-state index in [-0.39, 0.29) is 0 Å². The molecule has 0 amide bonds. The number of hydrogen-bond acceptors (Lipinski definition) is 3. The lowest BCUT2D eigenvalue weighted by molar-refractivity contribution is 0.322. The van der Waals surface area contributed by atoms with E-state index in [0.29, 0.717) is 6.04 Å². The molecule has 3 nitrogen and oxygen atoms in total. The molecule has 1 atom stereocenters. The lowest BCUT2D eigenvalue weighted by atomic mass is 10.2. The van der Waals surface area contributed by atoms with E-state index in [9.17, 15) is 0 Å². The first-order chi connectivity index (χ1) is 7.66. The zero-order valence-corrected chi connectivity index (χ0v) is 11.1. The Morgan fingerprint density at radius 1 is 1.56 bits per heavy atom. The van der Waals surface area contributed by atoms with Gasteiger partial charge in [-0.2, -0.15) is 0 Å². The van der Waals surface area contributed by atoms with E-state index in [1.807, 2.05) is 18.2 Å². The Morgan fingerprint density at radius 2 is 2.38 bits per heavy atom. The molecule has 1 saturated heterocycles. The Labute approximate surface area is 105 Å². The van der Waals surface area contributed by atoms with Gasteiger partial charge in [-0.3, -0.25) is 0 Å². The van der Waals surface area contributed by atoms with Crippen molar-refractivity contribution in [1.82, 2.24) is 4.90 Å². The van der Waals surface area contributed by atoms with Crippen molar-refractivity contribution < 1.29 is 0 Å². The molecule has 0 spiro atoms. The molecule has 4 heteroatoms.